The summed E-state index contributed by atoms with van der Waals surface area (Å²) in [6.45, 7) is 0. The Morgan fingerprint density at radius 1 is 1.41 bits per heavy atom. The number of anilines is 1. The van der Waals surface area contributed by atoms with Crippen molar-refractivity contribution in [2.75, 3.05) is 17.3 Å². The number of nitrogens with one attached hydrogen (secondary N) is 1. The maximum absolute atomic E-state index is 11.4. The normalized spacial score (nSPS) is 11.2. The standard InChI is InChI=1S/C9H10Cl2N2O3S/c1-17(15,16)3-2-9(14)13-8-4-6(10)7(11)5-12-8/h4-5H,2-3H2,1H3,(H,12,13,14). The minimum atomic E-state index is -3.15. The van der Waals surface area contributed by atoms with Gasteiger partial charge in [0.25, 0.3) is 0 Å². The first-order valence-corrected chi connectivity index (χ1v) is 7.38. The maximum Gasteiger partial charge on any atom is 0.226 e. The predicted molar refractivity (Wildman–Crippen MR) is 67.2 cm³/mol. The third-order valence-corrected chi connectivity index (χ3v) is 3.43. The van der Waals surface area contributed by atoms with Crippen LogP contribution in [0.2, 0.25) is 10.0 Å². The van der Waals surface area contributed by atoms with E-state index in [9.17, 15) is 13.2 Å². The molecule has 1 N–H and O–H groups in total. The zero-order valence-corrected chi connectivity index (χ0v) is 11.2. The average molecular weight is 297 g/mol. The number of halogens is 2. The Kier molecular flexibility index (Phi) is 4.73. The number of rotatable bonds is 4. The summed E-state index contributed by atoms with van der Waals surface area (Å²) in [5.74, 6) is -0.417. The molecular weight excluding hydrogens is 287 g/mol. The summed E-state index contributed by atoms with van der Waals surface area (Å²) in [7, 11) is -3.15. The summed E-state index contributed by atoms with van der Waals surface area (Å²) in [4.78, 5) is 15.2. The van der Waals surface area contributed by atoms with E-state index in [2.05, 4.69) is 10.3 Å². The summed E-state index contributed by atoms with van der Waals surface area (Å²) in [6, 6.07) is 1.39. The first-order chi connectivity index (χ1) is 7.78. The van der Waals surface area contributed by atoms with Gasteiger partial charge in [0, 0.05) is 24.9 Å². The van der Waals surface area contributed by atoms with Gasteiger partial charge in [-0.3, -0.25) is 4.79 Å². The number of amides is 1. The zero-order chi connectivity index (χ0) is 13.1. The van der Waals surface area contributed by atoms with E-state index in [1.807, 2.05) is 0 Å². The van der Waals surface area contributed by atoms with Crippen LogP contribution in [0, 0.1) is 0 Å². The molecule has 0 radical (unpaired) electrons. The van der Waals surface area contributed by atoms with Crippen LogP contribution in [0.3, 0.4) is 0 Å². The van der Waals surface area contributed by atoms with Gasteiger partial charge in [0.1, 0.15) is 15.7 Å². The Morgan fingerprint density at radius 3 is 2.59 bits per heavy atom. The minimum Gasteiger partial charge on any atom is -0.311 e. The van der Waals surface area contributed by atoms with Crippen molar-refractivity contribution < 1.29 is 13.2 Å². The van der Waals surface area contributed by atoms with Gasteiger partial charge >= 0.3 is 0 Å². The number of sulfone groups is 1. The van der Waals surface area contributed by atoms with Crippen LogP contribution >= 0.6 is 23.2 Å². The van der Waals surface area contributed by atoms with E-state index in [1.165, 1.54) is 12.3 Å². The Balaban J connectivity index is 2.59. The molecule has 1 rings (SSSR count). The minimum absolute atomic E-state index is 0.124. The van der Waals surface area contributed by atoms with Crippen LogP contribution in [-0.2, 0) is 14.6 Å². The molecule has 0 atom stereocenters. The summed E-state index contributed by atoms with van der Waals surface area (Å²) < 4.78 is 21.7. The molecule has 94 valence electrons. The summed E-state index contributed by atoms with van der Waals surface area (Å²) in [5.41, 5.74) is 0. The fourth-order valence-corrected chi connectivity index (χ4v) is 1.78. The molecule has 5 nitrogen and oxygen atoms in total. The number of hydrogen-bond acceptors (Lipinski definition) is 4. The van der Waals surface area contributed by atoms with E-state index in [0.29, 0.717) is 0 Å². The molecule has 1 aromatic heterocycles. The van der Waals surface area contributed by atoms with Crippen molar-refractivity contribution >= 4 is 44.8 Å². The molecular formula is C9H10Cl2N2O3S. The van der Waals surface area contributed by atoms with E-state index < -0.39 is 15.7 Å². The van der Waals surface area contributed by atoms with Crippen molar-refractivity contribution in [1.29, 1.82) is 0 Å². The third kappa shape index (κ3) is 5.34. The average Bonchev–Trinajstić information content (AvgIpc) is 2.20. The predicted octanol–water partition coefficient (Wildman–Crippen LogP) is 1.76. The van der Waals surface area contributed by atoms with Crippen LogP contribution in [0.15, 0.2) is 12.3 Å². The molecule has 0 aliphatic heterocycles. The lowest BCUT2D eigenvalue weighted by atomic mass is 10.4. The molecule has 0 aliphatic carbocycles. The molecule has 0 saturated carbocycles. The van der Waals surface area contributed by atoms with E-state index in [4.69, 9.17) is 23.2 Å². The number of carbonyl (C=O) groups is 1. The molecule has 1 amide bonds. The Morgan fingerprint density at radius 2 is 2.06 bits per heavy atom. The van der Waals surface area contributed by atoms with Gasteiger partial charge in [-0.15, -0.1) is 0 Å². The number of hydrogen-bond donors (Lipinski definition) is 1. The lowest BCUT2D eigenvalue weighted by molar-refractivity contribution is -0.115. The van der Waals surface area contributed by atoms with Crippen molar-refractivity contribution in [1.82, 2.24) is 4.98 Å². The topological polar surface area (TPSA) is 76.1 Å². The van der Waals surface area contributed by atoms with Gasteiger partial charge < -0.3 is 5.32 Å². The Labute approximate surface area is 109 Å². The fraction of sp³-hybridized carbons (Fsp3) is 0.333. The second kappa shape index (κ2) is 5.66. The summed E-state index contributed by atoms with van der Waals surface area (Å²) >= 11 is 11.4. The van der Waals surface area contributed by atoms with Gasteiger partial charge in [-0.1, -0.05) is 23.2 Å². The van der Waals surface area contributed by atoms with E-state index in [1.54, 1.807) is 0 Å². The Bertz CT molecular complexity index is 531. The molecule has 0 aromatic carbocycles. The summed E-state index contributed by atoms with van der Waals surface area (Å²) in [6.07, 6.45) is 2.24. The molecule has 0 spiro atoms. The second-order valence-electron chi connectivity index (χ2n) is 3.41. The van der Waals surface area contributed by atoms with E-state index in [-0.39, 0.29) is 28.0 Å². The van der Waals surface area contributed by atoms with Crippen LogP contribution in [0.25, 0.3) is 0 Å². The second-order valence-corrected chi connectivity index (χ2v) is 6.49. The highest BCUT2D eigenvalue weighted by Crippen LogP contribution is 2.22. The van der Waals surface area contributed by atoms with E-state index >= 15 is 0 Å². The van der Waals surface area contributed by atoms with Crippen LogP contribution in [0.1, 0.15) is 6.42 Å². The van der Waals surface area contributed by atoms with Gasteiger partial charge in [-0.2, -0.15) is 0 Å². The van der Waals surface area contributed by atoms with Gasteiger partial charge in [-0.05, 0) is 0 Å². The fourth-order valence-electron chi connectivity index (χ4n) is 0.966. The van der Waals surface area contributed by atoms with Crippen LogP contribution in [0.4, 0.5) is 5.82 Å². The number of nitrogens with zero attached hydrogens (tertiary/aromatic N) is 1. The number of pyridine rings is 1. The lowest BCUT2D eigenvalue weighted by Crippen LogP contribution is -2.17. The highest BCUT2D eigenvalue weighted by Gasteiger charge is 2.09. The van der Waals surface area contributed by atoms with Gasteiger partial charge in [0.2, 0.25) is 5.91 Å². The van der Waals surface area contributed by atoms with Crippen LogP contribution in [-0.4, -0.2) is 31.3 Å². The third-order valence-electron chi connectivity index (χ3n) is 1.78. The molecule has 1 aromatic rings. The quantitative estimate of drug-likeness (QED) is 0.918. The van der Waals surface area contributed by atoms with E-state index in [0.717, 1.165) is 6.26 Å². The zero-order valence-electron chi connectivity index (χ0n) is 8.91. The monoisotopic (exact) mass is 296 g/mol. The van der Waals surface area contributed by atoms with Crippen molar-refractivity contribution in [3.05, 3.63) is 22.3 Å². The highest BCUT2D eigenvalue weighted by atomic mass is 35.5. The number of carbonyl (C=O) groups excluding carboxylic acids is 1. The molecule has 1 heterocycles. The van der Waals surface area contributed by atoms with Crippen molar-refractivity contribution in [3.63, 3.8) is 0 Å². The molecule has 0 bridgehead atoms. The van der Waals surface area contributed by atoms with Gasteiger partial charge in [0.15, 0.2) is 0 Å². The molecule has 17 heavy (non-hydrogen) atoms. The van der Waals surface area contributed by atoms with Gasteiger partial charge in [-0.25, -0.2) is 13.4 Å². The van der Waals surface area contributed by atoms with Crippen LogP contribution < -0.4 is 5.32 Å². The molecule has 0 unspecified atom stereocenters. The van der Waals surface area contributed by atoms with Crippen molar-refractivity contribution in [2.24, 2.45) is 0 Å². The lowest BCUT2D eigenvalue weighted by Gasteiger charge is -2.04. The highest BCUT2D eigenvalue weighted by molar-refractivity contribution is 7.90. The van der Waals surface area contributed by atoms with Crippen molar-refractivity contribution in [2.45, 2.75) is 6.42 Å². The Hall–Kier alpha value is -0.850. The smallest absolute Gasteiger partial charge is 0.226 e. The molecule has 0 fully saturated rings. The largest absolute Gasteiger partial charge is 0.311 e. The maximum atomic E-state index is 11.4. The first kappa shape index (κ1) is 14.2. The SMILES string of the molecule is CS(=O)(=O)CCC(=O)Nc1cc(Cl)c(Cl)cn1. The molecule has 0 saturated heterocycles. The van der Waals surface area contributed by atoms with Crippen molar-refractivity contribution in [3.8, 4) is 0 Å². The summed E-state index contributed by atoms with van der Waals surface area (Å²) in [5, 5.41) is 2.97. The molecule has 8 heteroatoms. The number of aromatic nitrogens is 1. The molecule has 0 aliphatic rings. The van der Waals surface area contributed by atoms with Crippen LogP contribution in [0.5, 0.6) is 0 Å². The first-order valence-electron chi connectivity index (χ1n) is 4.56. The van der Waals surface area contributed by atoms with Gasteiger partial charge in [0.05, 0.1) is 15.8 Å².